The van der Waals surface area contributed by atoms with Crippen molar-refractivity contribution >= 4 is 24.4 Å². The minimum atomic E-state index is -4.13. The molecule has 1 heterocycles. The highest BCUT2D eigenvalue weighted by Gasteiger charge is 2.33. The van der Waals surface area contributed by atoms with Crippen molar-refractivity contribution in [1.82, 2.24) is 10.3 Å². The first-order valence-corrected chi connectivity index (χ1v) is 19.4. The molecule has 318 valence electrons. The van der Waals surface area contributed by atoms with Crippen molar-refractivity contribution in [1.29, 1.82) is 0 Å². The third kappa shape index (κ3) is 20.2. The summed E-state index contributed by atoms with van der Waals surface area (Å²) >= 11 is 0. The van der Waals surface area contributed by atoms with Crippen molar-refractivity contribution in [3.8, 4) is 17.0 Å². The molecular weight excluding hydrogens is 738 g/mol. The maximum absolute atomic E-state index is 14.3. The number of nitrogens with zero attached hydrogens (tertiary/aromatic N) is 2. The number of alkyl halides is 3. The number of aliphatic imine (C=N–C) groups is 1. The van der Waals surface area contributed by atoms with Crippen LogP contribution in [-0.2, 0) is 11.2 Å². The highest BCUT2D eigenvalue weighted by Crippen LogP contribution is 2.35. The van der Waals surface area contributed by atoms with E-state index in [2.05, 4.69) is 46.2 Å². The lowest BCUT2D eigenvalue weighted by atomic mass is 9.99. The lowest BCUT2D eigenvalue weighted by Crippen LogP contribution is -2.13. The van der Waals surface area contributed by atoms with Crippen LogP contribution in [0.2, 0.25) is 0 Å². The van der Waals surface area contributed by atoms with Gasteiger partial charge in [-0.1, -0.05) is 64.5 Å². The number of primary amides is 1. The van der Waals surface area contributed by atoms with E-state index in [0.717, 1.165) is 65.6 Å². The third-order valence-corrected chi connectivity index (χ3v) is 7.74. The number of anilines is 1. The summed E-state index contributed by atoms with van der Waals surface area (Å²) in [5.41, 5.74) is 17.7. The van der Waals surface area contributed by atoms with E-state index in [1.165, 1.54) is 23.8 Å². The molecule has 1 aliphatic rings. The number of carbonyl (C=O) groups excluding carboxylic acids is 1. The number of likely N-dealkylation sites (N-methyl/N-ethyl adjacent to an activating group) is 1. The average molecular weight is 804 g/mol. The highest BCUT2D eigenvalue weighted by atomic mass is 19.4. The van der Waals surface area contributed by atoms with Crippen molar-refractivity contribution in [3.63, 3.8) is 0 Å². The number of hydrogen-bond donors (Lipinski definition) is 3. The van der Waals surface area contributed by atoms with Crippen LogP contribution >= 0.6 is 0 Å². The predicted molar refractivity (Wildman–Crippen MR) is 231 cm³/mol. The predicted octanol–water partition coefficient (Wildman–Crippen LogP) is 11.6. The van der Waals surface area contributed by atoms with Crippen molar-refractivity contribution in [2.75, 3.05) is 32.5 Å². The molecule has 0 unspecified atom stereocenters. The van der Waals surface area contributed by atoms with Crippen molar-refractivity contribution < 1.29 is 31.5 Å². The monoisotopic (exact) mass is 804 g/mol. The second-order valence-electron chi connectivity index (χ2n) is 12.2. The molecule has 0 spiro atoms. The molecule has 0 fully saturated rings. The number of ether oxygens (including phenoxy) is 1. The van der Waals surface area contributed by atoms with Gasteiger partial charge in [-0.3, -0.25) is 9.79 Å². The number of benzene rings is 2. The number of aromatic nitrogens is 1. The van der Waals surface area contributed by atoms with Crippen LogP contribution in [0.5, 0.6) is 5.75 Å². The number of pyridine rings is 1. The van der Waals surface area contributed by atoms with Gasteiger partial charge in [-0.25, -0.2) is 13.8 Å². The quantitative estimate of drug-likeness (QED) is 0.0817. The van der Waals surface area contributed by atoms with Gasteiger partial charge in [-0.15, -0.1) is 0 Å². The topological polar surface area (TPSA) is 116 Å². The van der Waals surface area contributed by atoms with Crippen LogP contribution in [0.4, 0.5) is 27.6 Å². The Morgan fingerprint density at radius 1 is 0.912 bits per heavy atom. The first-order chi connectivity index (χ1) is 27.1. The van der Waals surface area contributed by atoms with Crippen LogP contribution in [-0.4, -0.2) is 50.5 Å². The van der Waals surface area contributed by atoms with Crippen LogP contribution in [0.25, 0.3) is 17.3 Å². The van der Waals surface area contributed by atoms with E-state index in [1.807, 2.05) is 87.7 Å². The van der Waals surface area contributed by atoms with Crippen LogP contribution in [0.3, 0.4) is 0 Å². The maximum Gasteiger partial charge on any atom is 0.412 e. The van der Waals surface area contributed by atoms with Crippen molar-refractivity contribution in [2.45, 2.75) is 108 Å². The molecule has 3 aromatic rings. The van der Waals surface area contributed by atoms with E-state index in [-0.39, 0.29) is 18.4 Å². The van der Waals surface area contributed by atoms with Crippen LogP contribution in [0.15, 0.2) is 64.7 Å². The molecular formula is C45H66F5N5O2. The fraction of sp³-hybridized carbons (Fsp3) is 0.444. The molecule has 0 radical (unpaired) electrons. The Bertz CT molecular complexity index is 1750. The number of amides is 1. The Kier molecular flexibility index (Phi) is 28.9. The van der Waals surface area contributed by atoms with Gasteiger partial charge in [0, 0.05) is 59.9 Å². The number of nitrogens with two attached hydrogens (primary N) is 2. The zero-order chi connectivity index (χ0) is 44.1. The molecule has 0 atom stereocenters. The Hall–Kier alpha value is -4.84. The number of nitrogens with one attached hydrogen (secondary N) is 1. The molecule has 2 aromatic carbocycles. The number of hydrogen-bond acceptors (Lipinski definition) is 6. The number of carbonyl (C=O) groups is 1. The highest BCUT2D eigenvalue weighted by molar-refractivity contribution is 5.89. The molecule has 0 bridgehead atoms. The first-order valence-electron chi connectivity index (χ1n) is 19.4. The van der Waals surface area contributed by atoms with E-state index in [9.17, 15) is 22.0 Å². The number of aryl methyl sites for hydroxylation is 3. The maximum atomic E-state index is 14.3. The van der Waals surface area contributed by atoms with E-state index in [0.29, 0.717) is 30.0 Å². The van der Waals surface area contributed by atoms with Gasteiger partial charge in [0.05, 0.1) is 6.61 Å². The van der Waals surface area contributed by atoms with Gasteiger partial charge in [-0.2, -0.15) is 13.2 Å². The molecule has 57 heavy (non-hydrogen) atoms. The van der Waals surface area contributed by atoms with E-state index in [4.69, 9.17) is 15.3 Å². The van der Waals surface area contributed by atoms with Crippen LogP contribution < -0.4 is 21.5 Å². The molecule has 12 heteroatoms. The molecule has 1 amide bonds. The number of rotatable bonds is 10. The van der Waals surface area contributed by atoms with Crippen LogP contribution in [0, 0.1) is 32.4 Å². The van der Waals surface area contributed by atoms with Gasteiger partial charge in [-0.05, 0) is 114 Å². The largest absolute Gasteiger partial charge is 0.491 e. The summed E-state index contributed by atoms with van der Waals surface area (Å²) < 4.78 is 69.4. The minimum absolute atomic E-state index is 0.131. The summed E-state index contributed by atoms with van der Waals surface area (Å²) in [5, 5.41) is 3.07. The number of halogens is 5. The van der Waals surface area contributed by atoms with E-state index < -0.39 is 23.4 Å². The zero-order valence-electron chi connectivity index (χ0n) is 36.1. The van der Waals surface area contributed by atoms with Crippen molar-refractivity contribution in [2.24, 2.45) is 10.7 Å². The molecule has 0 saturated heterocycles. The summed E-state index contributed by atoms with van der Waals surface area (Å²) in [5.74, 6) is -0.649. The minimum Gasteiger partial charge on any atom is -0.491 e. The Morgan fingerprint density at radius 2 is 1.54 bits per heavy atom. The second-order valence-corrected chi connectivity index (χ2v) is 12.2. The Labute approximate surface area is 338 Å². The van der Waals surface area contributed by atoms with E-state index >= 15 is 0 Å². The normalized spacial score (nSPS) is 11.8. The van der Waals surface area contributed by atoms with Gasteiger partial charge in [0.2, 0.25) is 6.41 Å². The second kappa shape index (κ2) is 30.3. The number of nitrogen functional groups attached to an aromatic ring is 1. The smallest absolute Gasteiger partial charge is 0.412 e. The summed E-state index contributed by atoms with van der Waals surface area (Å²) in [6, 6.07) is 8.49. The standard InChI is InChI=1S/C18H22F2N2O.C14H20N2.C8H9F3.2C2H6.CH3NO/c1-5-23-18-12(3)8-13(6-7-21-4)22-17(18)14-9-11(2)15(19)10-16(14)20;1-4-6-12-8-11(3)14(15)13(9-12)10-16-7-5-2;1-6-2-4-7(5-3-6)8(9,10)11;2*1-2;2-1-3/h8-10,21H,5-7H2,1-4H3;4,6,8-10H,5,7,15H2,1-3H3;2,4H,3,5H2,1H3;2*1-2H3;1H,(H2,2,3). The lowest BCUT2D eigenvalue weighted by molar-refractivity contribution is -0.107. The average Bonchev–Trinajstić information content (AvgIpc) is 3.17. The molecule has 0 saturated carbocycles. The fourth-order valence-corrected chi connectivity index (χ4v) is 4.98. The number of allylic oxidation sites excluding steroid dienone is 5. The zero-order valence-corrected chi connectivity index (χ0v) is 36.1. The third-order valence-electron chi connectivity index (χ3n) is 7.74. The molecule has 7 nitrogen and oxygen atoms in total. The fourth-order valence-electron chi connectivity index (χ4n) is 4.98. The summed E-state index contributed by atoms with van der Waals surface area (Å²) in [4.78, 5) is 17.5. The lowest BCUT2D eigenvalue weighted by Gasteiger charge is -2.16. The Balaban J connectivity index is 0. The van der Waals surface area contributed by atoms with Gasteiger partial charge in [0.1, 0.15) is 23.1 Å². The van der Waals surface area contributed by atoms with Gasteiger partial charge in [0.15, 0.2) is 0 Å². The Morgan fingerprint density at radius 3 is 2.05 bits per heavy atom. The van der Waals surface area contributed by atoms with E-state index in [1.54, 1.807) is 6.92 Å². The molecule has 1 aromatic heterocycles. The molecule has 5 N–H and O–H groups in total. The molecule has 1 aliphatic carbocycles. The molecule has 4 rings (SSSR count). The van der Waals surface area contributed by atoms with Crippen LogP contribution in [0.1, 0.15) is 108 Å². The summed E-state index contributed by atoms with van der Waals surface area (Å²) in [7, 11) is 1.87. The van der Waals surface area contributed by atoms with Gasteiger partial charge in [0.25, 0.3) is 0 Å². The van der Waals surface area contributed by atoms with Crippen molar-refractivity contribution in [3.05, 3.63) is 105 Å². The van der Waals surface area contributed by atoms with Gasteiger partial charge >= 0.3 is 6.18 Å². The van der Waals surface area contributed by atoms with Gasteiger partial charge < -0.3 is 21.5 Å². The summed E-state index contributed by atoms with van der Waals surface area (Å²) in [6.07, 6.45) is 7.24. The SMILES string of the molecule is CC.CC.CC1=CC=C(C(F)(F)F)CC1.CC=Cc1cc(C)c(N)c(C=NCCC)c1.CCOc1c(C)cc(CCNC)nc1-c1cc(C)c(F)cc1F.NC=O. The summed E-state index contributed by atoms with van der Waals surface area (Å²) in [6.45, 7) is 23.4. The first kappa shape index (κ1) is 54.3. The molecule has 0 aliphatic heterocycles.